The van der Waals surface area contributed by atoms with Crippen LogP contribution < -0.4 is 4.74 Å². The zero-order chi connectivity index (χ0) is 20.9. The second-order valence-corrected chi connectivity index (χ2v) is 8.16. The van der Waals surface area contributed by atoms with Crippen molar-refractivity contribution in [3.05, 3.63) is 41.7 Å². The van der Waals surface area contributed by atoms with Crippen molar-refractivity contribution >= 4 is 13.1 Å². The lowest BCUT2D eigenvalue weighted by Gasteiger charge is -2.32. The number of hydrogen-bond acceptors (Lipinski definition) is 5. The average molecular weight is 388 g/mol. The molecule has 0 aliphatic carbocycles. The van der Waals surface area contributed by atoms with Crippen LogP contribution in [0.1, 0.15) is 60.5 Å². The van der Waals surface area contributed by atoms with Crippen LogP contribution in [-0.2, 0) is 25.3 Å². The smallest absolute Gasteiger partial charge is 0.465 e. The molecular weight excluding hydrogens is 355 g/mol. The molecule has 1 unspecified atom stereocenters. The number of carbonyl (C=O) groups excluding carboxylic acids is 1. The summed E-state index contributed by atoms with van der Waals surface area (Å²) in [5.74, 6) is 1.25. The van der Waals surface area contributed by atoms with E-state index in [0.29, 0.717) is 12.4 Å². The van der Waals surface area contributed by atoms with E-state index < -0.39 is 0 Å². The van der Waals surface area contributed by atoms with Gasteiger partial charge in [0.05, 0.1) is 30.0 Å². The van der Waals surface area contributed by atoms with Gasteiger partial charge in [0.15, 0.2) is 0 Å². The van der Waals surface area contributed by atoms with Crippen LogP contribution in [0.2, 0.25) is 5.82 Å². The predicted molar refractivity (Wildman–Crippen MR) is 111 cm³/mol. The van der Waals surface area contributed by atoms with E-state index >= 15 is 0 Å². The molecular formula is C22H33BO5. The number of benzene rings is 1. The zero-order valence-electron chi connectivity index (χ0n) is 18.2. The van der Waals surface area contributed by atoms with Crippen LogP contribution in [0.15, 0.2) is 36.1 Å². The highest BCUT2D eigenvalue weighted by Crippen LogP contribution is 2.40. The molecule has 1 aliphatic heterocycles. The number of esters is 1. The summed E-state index contributed by atoms with van der Waals surface area (Å²) >= 11 is 0. The van der Waals surface area contributed by atoms with Gasteiger partial charge in [-0.05, 0) is 46.8 Å². The van der Waals surface area contributed by atoms with Gasteiger partial charge in [0, 0.05) is 17.8 Å². The van der Waals surface area contributed by atoms with Crippen molar-refractivity contribution in [1.29, 1.82) is 0 Å². The number of para-hydroxylation sites is 1. The fourth-order valence-corrected chi connectivity index (χ4v) is 2.96. The van der Waals surface area contributed by atoms with Gasteiger partial charge in [-0.1, -0.05) is 32.0 Å². The van der Waals surface area contributed by atoms with E-state index in [-0.39, 0.29) is 36.5 Å². The van der Waals surface area contributed by atoms with E-state index in [1.165, 1.54) is 0 Å². The predicted octanol–water partition coefficient (Wildman–Crippen LogP) is 4.95. The molecule has 0 saturated carbocycles. The van der Waals surface area contributed by atoms with E-state index in [1.54, 1.807) is 6.92 Å². The maximum absolute atomic E-state index is 11.9. The molecule has 28 heavy (non-hydrogen) atoms. The van der Waals surface area contributed by atoms with Gasteiger partial charge in [-0.15, -0.1) is 0 Å². The lowest BCUT2D eigenvalue weighted by atomic mass is 9.73. The molecule has 2 rings (SSSR count). The van der Waals surface area contributed by atoms with E-state index in [9.17, 15) is 4.79 Å². The number of rotatable bonds is 8. The largest absolute Gasteiger partial charge is 0.466 e. The fourth-order valence-electron chi connectivity index (χ4n) is 2.96. The van der Waals surface area contributed by atoms with Gasteiger partial charge in [-0.25, -0.2) is 0 Å². The van der Waals surface area contributed by atoms with Crippen molar-refractivity contribution in [1.82, 2.24) is 0 Å². The average Bonchev–Trinajstić information content (AvgIpc) is 2.84. The van der Waals surface area contributed by atoms with Crippen molar-refractivity contribution in [3.8, 4) is 5.75 Å². The van der Waals surface area contributed by atoms with Gasteiger partial charge in [-0.2, -0.15) is 0 Å². The van der Waals surface area contributed by atoms with Gasteiger partial charge in [-0.3, -0.25) is 4.79 Å². The standard InChI is InChI=1S/C22H33BO5/c1-8-18(14-16(3)23-27-21(4,5)22(6,7)28-23)26-19-13-11-10-12-17(19)15-20(24)25-9-2/h10-14,16H,8-9,15H2,1-7H3. The maximum Gasteiger partial charge on any atom is 0.465 e. The van der Waals surface area contributed by atoms with Crippen LogP contribution in [0, 0.1) is 0 Å². The van der Waals surface area contributed by atoms with Gasteiger partial charge >= 0.3 is 13.1 Å². The normalized spacial score (nSPS) is 19.4. The van der Waals surface area contributed by atoms with E-state index in [1.807, 2.05) is 65.0 Å². The van der Waals surface area contributed by atoms with Crippen molar-refractivity contribution in [2.45, 2.75) is 78.3 Å². The van der Waals surface area contributed by atoms with Gasteiger partial charge < -0.3 is 18.8 Å². The molecule has 154 valence electrons. The summed E-state index contributed by atoms with van der Waals surface area (Å²) in [6.07, 6.45) is 2.95. The molecule has 1 atom stereocenters. The van der Waals surface area contributed by atoms with Crippen molar-refractivity contribution in [2.24, 2.45) is 0 Å². The minimum atomic E-state index is -0.362. The second-order valence-electron chi connectivity index (χ2n) is 8.16. The molecule has 1 aromatic rings. The molecule has 0 bridgehead atoms. The Morgan fingerprint density at radius 1 is 1.14 bits per heavy atom. The van der Waals surface area contributed by atoms with E-state index in [4.69, 9.17) is 18.8 Å². The Balaban J connectivity index is 2.13. The molecule has 1 saturated heterocycles. The summed E-state index contributed by atoms with van der Waals surface area (Å²) in [5.41, 5.74) is 0.0851. The molecule has 0 N–H and O–H groups in total. The second kappa shape index (κ2) is 9.14. The van der Waals surface area contributed by atoms with Crippen LogP contribution in [-0.4, -0.2) is 30.9 Å². The Morgan fingerprint density at radius 3 is 2.32 bits per heavy atom. The summed E-state index contributed by atoms with van der Waals surface area (Å²) in [6, 6.07) is 7.55. The molecule has 1 aliphatic rings. The summed E-state index contributed by atoms with van der Waals surface area (Å²) in [6.45, 7) is 14.5. The summed E-state index contributed by atoms with van der Waals surface area (Å²) in [4.78, 5) is 11.9. The fraction of sp³-hybridized carbons (Fsp3) is 0.591. The number of ether oxygens (including phenoxy) is 2. The molecule has 1 aromatic carbocycles. The molecule has 1 fully saturated rings. The van der Waals surface area contributed by atoms with Crippen LogP contribution in [0.4, 0.5) is 0 Å². The van der Waals surface area contributed by atoms with Crippen molar-refractivity contribution in [2.75, 3.05) is 6.61 Å². The first-order chi connectivity index (χ1) is 13.1. The SMILES string of the molecule is CCOC(=O)Cc1ccccc1OC(=CC(C)B1OC(C)(C)C(C)(C)O1)CC. The van der Waals surface area contributed by atoms with Crippen molar-refractivity contribution < 1.29 is 23.6 Å². The lowest BCUT2D eigenvalue weighted by molar-refractivity contribution is -0.142. The van der Waals surface area contributed by atoms with Crippen LogP contribution in [0.5, 0.6) is 5.75 Å². The highest BCUT2D eigenvalue weighted by atomic mass is 16.7. The summed E-state index contributed by atoms with van der Waals surface area (Å²) in [7, 11) is -0.329. The lowest BCUT2D eigenvalue weighted by Crippen LogP contribution is -2.41. The third-order valence-corrected chi connectivity index (χ3v) is 5.35. The highest BCUT2D eigenvalue weighted by molar-refractivity contribution is 6.48. The number of carbonyl (C=O) groups is 1. The topological polar surface area (TPSA) is 54.0 Å². The molecule has 0 radical (unpaired) electrons. The molecule has 0 aromatic heterocycles. The Labute approximate surface area is 169 Å². The van der Waals surface area contributed by atoms with Crippen LogP contribution in [0.25, 0.3) is 0 Å². The van der Waals surface area contributed by atoms with Gasteiger partial charge in [0.2, 0.25) is 0 Å². The molecule has 1 heterocycles. The number of allylic oxidation sites excluding steroid dienone is 2. The van der Waals surface area contributed by atoms with Crippen LogP contribution in [0.3, 0.4) is 0 Å². The third-order valence-electron chi connectivity index (χ3n) is 5.35. The first kappa shape index (κ1) is 22.5. The quantitative estimate of drug-likeness (QED) is 0.358. The van der Waals surface area contributed by atoms with E-state index in [2.05, 4.69) is 6.92 Å². The molecule has 5 nitrogen and oxygen atoms in total. The maximum atomic E-state index is 11.9. The molecule has 0 spiro atoms. The minimum Gasteiger partial charge on any atom is -0.466 e. The third kappa shape index (κ3) is 5.39. The summed E-state index contributed by atoms with van der Waals surface area (Å²) in [5, 5.41) is 0. The number of hydrogen-bond donors (Lipinski definition) is 0. The molecule has 0 amide bonds. The van der Waals surface area contributed by atoms with Crippen molar-refractivity contribution in [3.63, 3.8) is 0 Å². The van der Waals surface area contributed by atoms with E-state index in [0.717, 1.165) is 17.7 Å². The Bertz CT molecular complexity index is 695. The minimum absolute atomic E-state index is 0.0215. The Kier molecular flexibility index (Phi) is 7.35. The highest BCUT2D eigenvalue weighted by Gasteiger charge is 2.52. The Morgan fingerprint density at radius 2 is 1.75 bits per heavy atom. The Hall–Kier alpha value is -1.79. The molecule has 6 heteroatoms. The van der Waals surface area contributed by atoms with Crippen LogP contribution >= 0.6 is 0 Å². The summed E-state index contributed by atoms with van der Waals surface area (Å²) < 4.78 is 23.5. The zero-order valence-corrected chi connectivity index (χ0v) is 18.2. The van der Waals surface area contributed by atoms with Gasteiger partial charge in [0.1, 0.15) is 5.75 Å². The van der Waals surface area contributed by atoms with Gasteiger partial charge in [0.25, 0.3) is 0 Å². The first-order valence-electron chi connectivity index (χ1n) is 10.1. The first-order valence-corrected chi connectivity index (χ1v) is 10.1. The monoisotopic (exact) mass is 388 g/mol.